The zero-order valence-corrected chi connectivity index (χ0v) is 7.70. The van der Waals surface area contributed by atoms with E-state index in [0.29, 0.717) is 11.3 Å². The number of halogens is 1. The second kappa shape index (κ2) is 4.45. The largest absolute Gasteiger partial charge is 0.485 e. The number of benzene rings is 1. The van der Waals surface area contributed by atoms with Crippen molar-refractivity contribution in [2.45, 2.75) is 6.92 Å². The SMILES string of the molecule is Cc1ccc(OC/C(N)=N/O)cc1F. The first kappa shape index (κ1) is 10.3. The zero-order chi connectivity index (χ0) is 10.6. The summed E-state index contributed by atoms with van der Waals surface area (Å²) in [6.45, 7) is 1.58. The fourth-order valence-corrected chi connectivity index (χ4v) is 0.850. The fraction of sp³-hybridized carbons (Fsp3) is 0.222. The Kier molecular flexibility index (Phi) is 3.28. The van der Waals surface area contributed by atoms with Crippen LogP contribution < -0.4 is 10.5 Å². The summed E-state index contributed by atoms with van der Waals surface area (Å²) in [6.07, 6.45) is 0. The maximum absolute atomic E-state index is 13.0. The van der Waals surface area contributed by atoms with Crippen molar-refractivity contribution in [1.82, 2.24) is 0 Å². The number of ether oxygens (including phenoxy) is 1. The summed E-state index contributed by atoms with van der Waals surface area (Å²) in [7, 11) is 0. The van der Waals surface area contributed by atoms with Gasteiger partial charge in [-0.1, -0.05) is 11.2 Å². The van der Waals surface area contributed by atoms with E-state index in [1.54, 1.807) is 19.1 Å². The number of hydrogen-bond donors (Lipinski definition) is 2. The molecule has 0 atom stereocenters. The van der Waals surface area contributed by atoms with Gasteiger partial charge in [0.2, 0.25) is 0 Å². The molecule has 0 aromatic heterocycles. The first-order chi connectivity index (χ1) is 6.63. The second-order valence-electron chi connectivity index (χ2n) is 2.79. The molecule has 3 N–H and O–H groups in total. The molecule has 4 nitrogen and oxygen atoms in total. The highest BCUT2D eigenvalue weighted by atomic mass is 19.1. The number of oxime groups is 1. The number of hydrogen-bond acceptors (Lipinski definition) is 3. The molecule has 1 rings (SSSR count). The molecule has 1 aromatic rings. The predicted molar refractivity (Wildman–Crippen MR) is 50.0 cm³/mol. The van der Waals surface area contributed by atoms with Gasteiger partial charge in [0.05, 0.1) is 0 Å². The van der Waals surface area contributed by atoms with Gasteiger partial charge in [0.25, 0.3) is 0 Å². The van der Waals surface area contributed by atoms with Crippen LogP contribution in [0.2, 0.25) is 0 Å². The molecule has 76 valence electrons. The number of amidine groups is 1. The molecule has 0 aliphatic rings. The van der Waals surface area contributed by atoms with Crippen molar-refractivity contribution >= 4 is 5.84 Å². The first-order valence-electron chi connectivity index (χ1n) is 3.99. The van der Waals surface area contributed by atoms with Crippen molar-refractivity contribution in [2.24, 2.45) is 10.9 Å². The van der Waals surface area contributed by atoms with E-state index >= 15 is 0 Å². The predicted octanol–water partition coefficient (Wildman–Crippen LogP) is 1.26. The number of aryl methyl sites for hydroxylation is 1. The summed E-state index contributed by atoms with van der Waals surface area (Å²) in [5, 5.41) is 10.9. The second-order valence-corrected chi connectivity index (χ2v) is 2.79. The van der Waals surface area contributed by atoms with Crippen LogP contribution >= 0.6 is 0 Å². The van der Waals surface area contributed by atoms with E-state index in [1.807, 2.05) is 0 Å². The third-order valence-corrected chi connectivity index (χ3v) is 1.66. The molecule has 0 fully saturated rings. The minimum atomic E-state index is -0.345. The summed E-state index contributed by atoms with van der Waals surface area (Å²) in [5.41, 5.74) is 5.71. The average Bonchev–Trinajstić information content (AvgIpc) is 2.19. The third-order valence-electron chi connectivity index (χ3n) is 1.66. The summed E-state index contributed by atoms with van der Waals surface area (Å²) in [5.74, 6) is -0.0623. The van der Waals surface area contributed by atoms with Crippen molar-refractivity contribution in [3.63, 3.8) is 0 Å². The van der Waals surface area contributed by atoms with Gasteiger partial charge in [0.15, 0.2) is 5.84 Å². The molecule has 14 heavy (non-hydrogen) atoms. The van der Waals surface area contributed by atoms with E-state index in [1.165, 1.54) is 6.07 Å². The van der Waals surface area contributed by atoms with Crippen LogP contribution in [0.4, 0.5) is 4.39 Å². The average molecular weight is 198 g/mol. The first-order valence-corrected chi connectivity index (χ1v) is 3.99. The molecule has 5 heteroatoms. The van der Waals surface area contributed by atoms with E-state index in [4.69, 9.17) is 15.7 Å². The summed E-state index contributed by atoms with van der Waals surface area (Å²) in [6, 6.07) is 4.46. The van der Waals surface area contributed by atoms with Crippen molar-refractivity contribution < 1.29 is 14.3 Å². The Hall–Kier alpha value is -1.78. The standard InChI is InChI=1S/C9H11FN2O2/c1-6-2-3-7(4-8(6)10)14-5-9(11)12-13/h2-4,13H,5H2,1H3,(H2,11,12). The molecule has 0 amide bonds. The van der Waals surface area contributed by atoms with Crippen LogP contribution in [0.15, 0.2) is 23.4 Å². The molecule has 0 saturated heterocycles. The van der Waals surface area contributed by atoms with E-state index in [-0.39, 0.29) is 18.3 Å². The van der Waals surface area contributed by atoms with Gasteiger partial charge in [-0.15, -0.1) is 0 Å². The molecule has 0 unspecified atom stereocenters. The van der Waals surface area contributed by atoms with Crippen LogP contribution in [-0.4, -0.2) is 17.6 Å². The highest BCUT2D eigenvalue weighted by Gasteiger charge is 2.01. The fourth-order valence-electron chi connectivity index (χ4n) is 0.850. The van der Waals surface area contributed by atoms with E-state index in [0.717, 1.165) is 0 Å². The lowest BCUT2D eigenvalue weighted by Crippen LogP contribution is -2.20. The maximum atomic E-state index is 13.0. The summed E-state index contributed by atoms with van der Waals surface area (Å²) < 4.78 is 18.0. The van der Waals surface area contributed by atoms with Gasteiger partial charge >= 0.3 is 0 Å². The van der Waals surface area contributed by atoms with Crippen LogP contribution in [-0.2, 0) is 0 Å². The Morgan fingerprint density at radius 3 is 2.93 bits per heavy atom. The van der Waals surface area contributed by atoms with Crippen molar-refractivity contribution in [3.05, 3.63) is 29.6 Å². The van der Waals surface area contributed by atoms with Crippen LogP contribution in [0.25, 0.3) is 0 Å². The lowest BCUT2D eigenvalue weighted by Gasteiger charge is -2.05. The van der Waals surface area contributed by atoms with Crippen LogP contribution in [0, 0.1) is 12.7 Å². The summed E-state index contributed by atoms with van der Waals surface area (Å²) >= 11 is 0. The van der Waals surface area contributed by atoms with Gasteiger partial charge in [-0.3, -0.25) is 0 Å². The Morgan fingerprint density at radius 1 is 1.64 bits per heavy atom. The normalized spacial score (nSPS) is 11.4. The lowest BCUT2D eigenvalue weighted by molar-refractivity contribution is 0.306. The minimum Gasteiger partial charge on any atom is -0.485 e. The van der Waals surface area contributed by atoms with Gasteiger partial charge in [0, 0.05) is 6.07 Å². The minimum absolute atomic E-state index is 0.0639. The number of nitrogens with zero attached hydrogens (tertiary/aromatic N) is 1. The third kappa shape index (κ3) is 2.62. The van der Waals surface area contributed by atoms with Crippen molar-refractivity contribution in [3.8, 4) is 5.75 Å². The molecular weight excluding hydrogens is 187 g/mol. The van der Waals surface area contributed by atoms with Gasteiger partial charge in [-0.2, -0.15) is 0 Å². The Balaban J connectivity index is 2.64. The molecule has 0 spiro atoms. The van der Waals surface area contributed by atoms with Crippen molar-refractivity contribution in [1.29, 1.82) is 0 Å². The topological polar surface area (TPSA) is 67.8 Å². The van der Waals surface area contributed by atoms with Crippen LogP contribution in [0.1, 0.15) is 5.56 Å². The smallest absolute Gasteiger partial charge is 0.177 e. The molecule has 0 aliphatic carbocycles. The van der Waals surface area contributed by atoms with Crippen molar-refractivity contribution in [2.75, 3.05) is 6.61 Å². The highest BCUT2D eigenvalue weighted by Crippen LogP contribution is 2.15. The molecule has 0 aliphatic heterocycles. The lowest BCUT2D eigenvalue weighted by atomic mass is 10.2. The Bertz CT molecular complexity index is 353. The molecular formula is C9H11FN2O2. The monoisotopic (exact) mass is 198 g/mol. The maximum Gasteiger partial charge on any atom is 0.177 e. The van der Waals surface area contributed by atoms with Crippen LogP contribution in [0.5, 0.6) is 5.75 Å². The van der Waals surface area contributed by atoms with Gasteiger partial charge in [-0.05, 0) is 18.6 Å². The quantitative estimate of drug-likeness (QED) is 0.332. The van der Waals surface area contributed by atoms with Crippen LogP contribution in [0.3, 0.4) is 0 Å². The van der Waals surface area contributed by atoms with E-state index < -0.39 is 0 Å². The molecule has 1 aromatic carbocycles. The molecule has 0 radical (unpaired) electrons. The Labute approximate surface area is 80.8 Å². The molecule has 0 saturated carbocycles. The Morgan fingerprint density at radius 2 is 2.36 bits per heavy atom. The van der Waals surface area contributed by atoms with E-state index in [9.17, 15) is 4.39 Å². The highest BCUT2D eigenvalue weighted by molar-refractivity contribution is 5.81. The summed E-state index contributed by atoms with van der Waals surface area (Å²) in [4.78, 5) is 0. The van der Waals surface area contributed by atoms with Gasteiger partial charge in [0.1, 0.15) is 18.2 Å². The molecule has 0 heterocycles. The number of nitrogens with two attached hydrogens (primary N) is 1. The van der Waals surface area contributed by atoms with Gasteiger partial charge < -0.3 is 15.7 Å². The zero-order valence-electron chi connectivity index (χ0n) is 7.70. The molecule has 0 bridgehead atoms. The van der Waals surface area contributed by atoms with E-state index in [2.05, 4.69) is 5.16 Å². The number of rotatable bonds is 3. The van der Waals surface area contributed by atoms with Gasteiger partial charge in [-0.25, -0.2) is 4.39 Å².